The Morgan fingerprint density at radius 3 is 3.06 bits per heavy atom. The van der Waals surface area contributed by atoms with Crippen LogP contribution in [0, 0.1) is 0 Å². The molecule has 0 aromatic carbocycles. The molecule has 7 heteroatoms. The molecule has 0 bridgehead atoms. The molecule has 0 saturated heterocycles. The van der Waals surface area contributed by atoms with Crippen LogP contribution in [-0.2, 0) is 7.05 Å². The van der Waals surface area contributed by atoms with Gasteiger partial charge in [-0.1, -0.05) is 0 Å². The Morgan fingerprint density at radius 2 is 2.29 bits per heavy atom. The molecular formula is C10H8ClN5S. The number of nitrogens with zero attached hydrogens (tertiary/aromatic N) is 4. The number of hydrogen-bond acceptors (Lipinski definition) is 5. The number of halogens is 1. The van der Waals surface area contributed by atoms with Crippen molar-refractivity contribution < 1.29 is 0 Å². The van der Waals surface area contributed by atoms with Gasteiger partial charge in [-0.3, -0.25) is 4.68 Å². The molecule has 0 aliphatic heterocycles. The lowest BCUT2D eigenvalue weighted by Gasteiger charge is -2.03. The van der Waals surface area contributed by atoms with Crippen LogP contribution in [0.2, 0.25) is 5.28 Å². The van der Waals surface area contributed by atoms with E-state index >= 15 is 0 Å². The Labute approximate surface area is 106 Å². The molecule has 0 radical (unpaired) electrons. The van der Waals surface area contributed by atoms with Crippen LogP contribution >= 0.6 is 22.9 Å². The van der Waals surface area contributed by atoms with Crippen molar-refractivity contribution in [2.75, 3.05) is 5.32 Å². The zero-order valence-electron chi connectivity index (χ0n) is 8.88. The number of anilines is 2. The summed E-state index contributed by atoms with van der Waals surface area (Å²) in [6.07, 6.45) is 3.60. The smallest absolute Gasteiger partial charge is 0.225 e. The van der Waals surface area contributed by atoms with E-state index in [1.54, 1.807) is 10.9 Å². The van der Waals surface area contributed by atoms with E-state index in [1.807, 2.05) is 24.7 Å². The zero-order chi connectivity index (χ0) is 11.8. The summed E-state index contributed by atoms with van der Waals surface area (Å²) in [7, 11) is 1.86. The van der Waals surface area contributed by atoms with E-state index < -0.39 is 0 Å². The molecule has 3 rings (SSSR count). The molecule has 0 fully saturated rings. The number of hydrogen-bond donors (Lipinski definition) is 1. The van der Waals surface area contributed by atoms with Gasteiger partial charge in [0.25, 0.3) is 0 Å². The molecular weight excluding hydrogens is 258 g/mol. The third kappa shape index (κ3) is 1.96. The van der Waals surface area contributed by atoms with Crippen molar-refractivity contribution in [2.24, 2.45) is 7.05 Å². The van der Waals surface area contributed by atoms with Gasteiger partial charge in [0.15, 0.2) is 0 Å². The monoisotopic (exact) mass is 265 g/mol. The standard InChI is InChI=1S/C10H8ClN5S/c1-16-5-6(4-12-16)13-8-7-2-3-17-9(7)15-10(11)14-8/h2-5H,1H3,(H,13,14,15). The minimum Gasteiger partial charge on any atom is -0.337 e. The third-order valence-corrected chi connectivity index (χ3v) is 3.24. The van der Waals surface area contributed by atoms with Gasteiger partial charge in [-0.25, -0.2) is 4.98 Å². The number of rotatable bonds is 2. The molecule has 1 N–H and O–H groups in total. The SMILES string of the molecule is Cn1cc(Nc2nc(Cl)nc3sccc23)cn1. The van der Waals surface area contributed by atoms with E-state index in [2.05, 4.69) is 20.4 Å². The first-order chi connectivity index (χ1) is 8.22. The maximum absolute atomic E-state index is 5.88. The van der Waals surface area contributed by atoms with Gasteiger partial charge in [0.1, 0.15) is 10.6 Å². The fourth-order valence-electron chi connectivity index (χ4n) is 1.55. The Morgan fingerprint density at radius 1 is 1.41 bits per heavy atom. The van der Waals surface area contributed by atoms with E-state index in [0.717, 1.165) is 15.9 Å². The normalized spacial score (nSPS) is 10.9. The number of thiophene rings is 1. The predicted molar refractivity (Wildman–Crippen MR) is 68.9 cm³/mol. The second-order valence-corrected chi connectivity index (χ2v) is 4.74. The maximum atomic E-state index is 5.88. The average Bonchev–Trinajstić information content (AvgIpc) is 2.87. The van der Waals surface area contributed by atoms with Gasteiger partial charge >= 0.3 is 0 Å². The van der Waals surface area contributed by atoms with Gasteiger partial charge in [-0.2, -0.15) is 10.1 Å². The first-order valence-corrected chi connectivity index (χ1v) is 6.14. The van der Waals surface area contributed by atoms with Gasteiger partial charge in [-0.15, -0.1) is 11.3 Å². The summed E-state index contributed by atoms with van der Waals surface area (Å²) in [5, 5.41) is 10.4. The van der Waals surface area contributed by atoms with Crippen LogP contribution in [0.25, 0.3) is 10.2 Å². The second-order valence-electron chi connectivity index (χ2n) is 3.51. The molecule has 0 saturated carbocycles. The van der Waals surface area contributed by atoms with Crippen molar-refractivity contribution >= 4 is 44.7 Å². The summed E-state index contributed by atoms with van der Waals surface area (Å²) in [6.45, 7) is 0. The van der Waals surface area contributed by atoms with Crippen molar-refractivity contribution in [3.63, 3.8) is 0 Å². The average molecular weight is 266 g/mol. The highest BCUT2D eigenvalue weighted by Gasteiger charge is 2.08. The van der Waals surface area contributed by atoms with Crippen LogP contribution in [0.1, 0.15) is 0 Å². The highest BCUT2D eigenvalue weighted by atomic mass is 35.5. The van der Waals surface area contributed by atoms with Crippen LogP contribution in [0.3, 0.4) is 0 Å². The molecule has 0 aliphatic carbocycles. The molecule has 0 amide bonds. The summed E-state index contributed by atoms with van der Waals surface area (Å²) in [6, 6.07) is 1.97. The fourth-order valence-corrected chi connectivity index (χ4v) is 2.53. The van der Waals surface area contributed by atoms with Crippen LogP contribution < -0.4 is 5.32 Å². The quantitative estimate of drug-likeness (QED) is 0.724. The van der Waals surface area contributed by atoms with Crippen molar-refractivity contribution in [2.45, 2.75) is 0 Å². The van der Waals surface area contributed by atoms with Gasteiger partial charge in [0.05, 0.1) is 17.3 Å². The van der Waals surface area contributed by atoms with E-state index in [0.29, 0.717) is 5.82 Å². The third-order valence-electron chi connectivity index (χ3n) is 2.27. The first-order valence-electron chi connectivity index (χ1n) is 4.89. The van der Waals surface area contributed by atoms with Gasteiger partial charge < -0.3 is 5.32 Å². The molecule has 0 spiro atoms. The maximum Gasteiger partial charge on any atom is 0.225 e. The number of fused-ring (bicyclic) bond motifs is 1. The Hall–Kier alpha value is -1.66. The lowest BCUT2D eigenvalue weighted by atomic mass is 10.4. The Bertz CT molecular complexity index is 674. The molecule has 5 nitrogen and oxygen atoms in total. The highest BCUT2D eigenvalue weighted by molar-refractivity contribution is 7.16. The van der Waals surface area contributed by atoms with Crippen molar-refractivity contribution in [3.05, 3.63) is 29.1 Å². The summed E-state index contributed by atoms with van der Waals surface area (Å²) >= 11 is 7.41. The molecule has 0 atom stereocenters. The molecule has 3 aromatic rings. The molecule has 3 aromatic heterocycles. The van der Waals surface area contributed by atoms with Crippen LogP contribution in [0.4, 0.5) is 11.5 Å². The minimum absolute atomic E-state index is 0.242. The lowest BCUT2D eigenvalue weighted by molar-refractivity contribution is 0.768. The fraction of sp³-hybridized carbons (Fsp3) is 0.100. The second kappa shape index (κ2) is 3.97. The lowest BCUT2D eigenvalue weighted by Crippen LogP contribution is -1.94. The summed E-state index contributed by atoms with van der Waals surface area (Å²) < 4.78 is 1.72. The van der Waals surface area contributed by atoms with E-state index in [-0.39, 0.29) is 5.28 Å². The molecule has 0 unspecified atom stereocenters. The molecule has 86 valence electrons. The zero-order valence-corrected chi connectivity index (χ0v) is 10.5. The number of nitrogens with one attached hydrogen (secondary N) is 1. The van der Waals surface area contributed by atoms with E-state index in [9.17, 15) is 0 Å². The van der Waals surface area contributed by atoms with Gasteiger partial charge in [0.2, 0.25) is 5.28 Å². The van der Waals surface area contributed by atoms with Crippen LogP contribution in [-0.4, -0.2) is 19.7 Å². The molecule has 3 heterocycles. The summed E-state index contributed by atoms with van der Waals surface area (Å²) in [4.78, 5) is 9.22. The minimum atomic E-state index is 0.242. The highest BCUT2D eigenvalue weighted by Crippen LogP contribution is 2.28. The number of aryl methyl sites for hydroxylation is 1. The van der Waals surface area contributed by atoms with Crippen LogP contribution in [0.15, 0.2) is 23.8 Å². The van der Waals surface area contributed by atoms with E-state index in [1.165, 1.54) is 11.3 Å². The Balaban J connectivity index is 2.07. The van der Waals surface area contributed by atoms with Gasteiger partial charge in [0, 0.05) is 13.2 Å². The first kappa shape index (κ1) is 10.5. The van der Waals surface area contributed by atoms with Crippen molar-refractivity contribution in [1.29, 1.82) is 0 Å². The van der Waals surface area contributed by atoms with E-state index in [4.69, 9.17) is 11.6 Å². The molecule has 17 heavy (non-hydrogen) atoms. The van der Waals surface area contributed by atoms with Crippen molar-refractivity contribution in [1.82, 2.24) is 19.7 Å². The summed E-state index contributed by atoms with van der Waals surface area (Å²) in [5.41, 5.74) is 0.870. The molecule has 0 aliphatic rings. The predicted octanol–water partition coefficient (Wildman–Crippen LogP) is 2.82. The number of aromatic nitrogens is 4. The largest absolute Gasteiger partial charge is 0.337 e. The topological polar surface area (TPSA) is 55.6 Å². The van der Waals surface area contributed by atoms with Crippen molar-refractivity contribution in [3.8, 4) is 0 Å². The van der Waals surface area contributed by atoms with Gasteiger partial charge in [-0.05, 0) is 23.0 Å². The summed E-state index contributed by atoms with van der Waals surface area (Å²) in [5.74, 6) is 0.703. The Kier molecular flexibility index (Phi) is 2.45. The van der Waals surface area contributed by atoms with Crippen LogP contribution in [0.5, 0.6) is 0 Å².